The van der Waals surface area contributed by atoms with Gasteiger partial charge < -0.3 is 10.6 Å². The van der Waals surface area contributed by atoms with Crippen LogP contribution in [0, 0.1) is 5.92 Å². The number of rotatable bonds is 5. The second kappa shape index (κ2) is 9.09. The predicted octanol–water partition coefficient (Wildman–Crippen LogP) is 4.63. The summed E-state index contributed by atoms with van der Waals surface area (Å²) in [7, 11) is 0. The fourth-order valence-corrected chi connectivity index (χ4v) is 4.99. The van der Waals surface area contributed by atoms with Crippen molar-refractivity contribution in [1.29, 1.82) is 0 Å². The summed E-state index contributed by atoms with van der Waals surface area (Å²) in [5, 5.41) is 14.5. The highest BCUT2D eigenvalue weighted by atomic mass is 35.5. The van der Waals surface area contributed by atoms with Crippen LogP contribution in [0.25, 0.3) is 16.5 Å². The molecule has 3 N–H and O–H groups in total. The van der Waals surface area contributed by atoms with Crippen molar-refractivity contribution in [2.24, 2.45) is 10.9 Å². The largest absolute Gasteiger partial charge is 0.416 e. The van der Waals surface area contributed by atoms with Crippen LogP contribution in [-0.2, 0) is 17.4 Å². The number of amides is 1. The van der Waals surface area contributed by atoms with Gasteiger partial charge in [0.2, 0.25) is 0 Å². The molecule has 0 bridgehead atoms. The molecule has 0 atom stereocenters. The summed E-state index contributed by atoms with van der Waals surface area (Å²) in [6, 6.07) is 9.06. The molecule has 2 aliphatic rings. The summed E-state index contributed by atoms with van der Waals surface area (Å²) in [4.78, 5) is 17.3. The Labute approximate surface area is 202 Å². The number of H-pyrrole nitrogens is 1. The number of fused-ring (bicyclic) bond motifs is 1. The lowest BCUT2D eigenvalue weighted by Gasteiger charge is -2.27. The number of halogens is 4. The van der Waals surface area contributed by atoms with Gasteiger partial charge in [0.05, 0.1) is 22.2 Å². The molecule has 0 spiro atoms. The molecular weight excluding hydrogens is 487 g/mol. The van der Waals surface area contributed by atoms with Crippen LogP contribution in [0.5, 0.6) is 0 Å². The predicted molar refractivity (Wildman–Crippen MR) is 128 cm³/mol. The summed E-state index contributed by atoms with van der Waals surface area (Å²) in [5.74, 6) is -0.0122. The number of carbonyl (C=O) groups excluding carboxylic acids is 1. The Balaban J connectivity index is 1.54. The van der Waals surface area contributed by atoms with E-state index in [9.17, 15) is 18.0 Å². The number of benzene rings is 2. The Morgan fingerprint density at radius 1 is 1.21 bits per heavy atom. The van der Waals surface area contributed by atoms with Crippen LogP contribution in [0.4, 0.5) is 13.2 Å². The highest BCUT2D eigenvalue weighted by Crippen LogP contribution is 2.40. The second-order valence-electron chi connectivity index (χ2n) is 8.19. The number of hydrogen-bond donors (Lipinski definition) is 3. The standard InChI is InChI=1S/C23H19ClF3N5OS/c24-16-3-1-14(18(7-16)23(25,26)27)6-17(13-2-4-19-15(5-13)11-30-32-19)20-21(33)31-22(34-20)29-10-12-8-28-9-12/h1-5,7,11-12,28H,6,8-10H2,(H,30,32)(H,29,31,33). The van der Waals surface area contributed by atoms with Crippen molar-refractivity contribution in [1.82, 2.24) is 20.8 Å². The molecule has 1 aromatic heterocycles. The number of aromatic amines is 1. The summed E-state index contributed by atoms with van der Waals surface area (Å²) >= 11 is 7.02. The molecule has 34 heavy (non-hydrogen) atoms. The lowest BCUT2D eigenvalue weighted by molar-refractivity contribution is -0.138. The van der Waals surface area contributed by atoms with Gasteiger partial charge in [-0.3, -0.25) is 9.89 Å². The van der Waals surface area contributed by atoms with Crippen LogP contribution in [0.15, 0.2) is 52.5 Å². The molecule has 5 rings (SSSR count). The minimum Gasteiger partial charge on any atom is -0.364 e. The van der Waals surface area contributed by atoms with Gasteiger partial charge in [0, 0.05) is 36.0 Å². The second-order valence-corrected chi connectivity index (χ2v) is 9.62. The van der Waals surface area contributed by atoms with Crippen molar-refractivity contribution in [2.45, 2.75) is 12.6 Å². The quantitative estimate of drug-likeness (QED) is 0.441. The van der Waals surface area contributed by atoms with Crippen molar-refractivity contribution < 1.29 is 18.0 Å². The van der Waals surface area contributed by atoms with E-state index < -0.39 is 17.6 Å². The van der Waals surface area contributed by atoms with Gasteiger partial charge in [-0.2, -0.15) is 23.3 Å². The number of allylic oxidation sites excluding steroid dienone is 1. The minimum absolute atomic E-state index is 0.00304. The molecule has 0 unspecified atom stereocenters. The third-order valence-corrected chi connectivity index (χ3v) is 7.10. The Morgan fingerprint density at radius 2 is 2.03 bits per heavy atom. The van der Waals surface area contributed by atoms with Crippen LogP contribution in [0.1, 0.15) is 16.7 Å². The van der Waals surface area contributed by atoms with Crippen LogP contribution in [0.3, 0.4) is 0 Å². The Hall–Kier alpha value is -2.82. The number of carbonyl (C=O) groups is 1. The molecule has 1 fully saturated rings. The maximum atomic E-state index is 13.8. The number of hydrogen-bond acceptors (Lipinski definition) is 5. The average molecular weight is 506 g/mol. The summed E-state index contributed by atoms with van der Waals surface area (Å²) < 4.78 is 41.3. The molecule has 1 amide bonds. The van der Waals surface area contributed by atoms with Gasteiger partial charge in [-0.1, -0.05) is 23.7 Å². The number of aliphatic imine (C=N–C) groups is 1. The molecule has 2 aromatic carbocycles. The molecule has 0 saturated carbocycles. The first-order valence-corrected chi connectivity index (χ1v) is 11.7. The summed E-state index contributed by atoms with van der Waals surface area (Å²) in [6.45, 7) is 2.47. The van der Waals surface area contributed by atoms with E-state index in [1.165, 1.54) is 12.1 Å². The first-order valence-electron chi connectivity index (χ1n) is 10.6. The van der Waals surface area contributed by atoms with E-state index in [-0.39, 0.29) is 17.0 Å². The van der Waals surface area contributed by atoms with E-state index in [0.717, 1.165) is 41.8 Å². The normalized spacial score (nSPS) is 18.2. The van der Waals surface area contributed by atoms with E-state index in [4.69, 9.17) is 11.6 Å². The molecule has 6 nitrogen and oxygen atoms in total. The molecule has 1 saturated heterocycles. The van der Waals surface area contributed by atoms with Gasteiger partial charge in [-0.15, -0.1) is 0 Å². The highest BCUT2D eigenvalue weighted by Gasteiger charge is 2.35. The van der Waals surface area contributed by atoms with Gasteiger partial charge in [0.1, 0.15) is 0 Å². The monoisotopic (exact) mass is 505 g/mol. The van der Waals surface area contributed by atoms with Gasteiger partial charge in [0.15, 0.2) is 5.17 Å². The molecular formula is C23H19ClF3N5OS. The smallest absolute Gasteiger partial charge is 0.364 e. The number of aromatic nitrogens is 2. The van der Waals surface area contributed by atoms with Crippen LogP contribution >= 0.6 is 23.4 Å². The van der Waals surface area contributed by atoms with Crippen LogP contribution in [0.2, 0.25) is 5.02 Å². The molecule has 0 radical (unpaired) electrons. The van der Waals surface area contributed by atoms with Gasteiger partial charge in [0.25, 0.3) is 5.91 Å². The highest BCUT2D eigenvalue weighted by molar-refractivity contribution is 8.18. The maximum absolute atomic E-state index is 13.8. The SMILES string of the molecule is O=C1N=C(NCC2CNC2)SC1=C(Cc1ccc(Cl)cc1C(F)(F)F)c1ccc2[nH]ncc2c1. The maximum Gasteiger partial charge on any atom is 0.416 e. The fourth-order valence-electron chi connectivity index (χ4n) is 3.90. The van der Waals surface area contributed by atoms with Crippen molar-refractivity contribution in [3.8, 4) is 0 Å². The van der Waals surface area contributed by atoms with E-state index in [0.29, 0.717) is 33.7 Å². The minimum atomic E-state index is -4.59. The summed E-state index contributed by atoms with van der Waals surface area (Å²) in [6.07, 6.45) is -3.07. The Morgan fingerprint density at radius 3 is 2.76 bits per heavy atom. The average Bonchev–Trinajstić information content (AvgIpc) is 3.37. The number of nitrogens with zero attached hydrogens (tertiary/aromatic N) is 2. The summed E-state index contributed by atoms with van der Waals surface area (Å²) in [5.41, 5.74) is 1.09. The van der Waals surface area contributed by atoms with Crippen molar-refractivity contribution >= 4 is 50.9 Å². The zero-order valence-corrected chi connectivity index (χ0v) is 19.2. The van der Waals surface area contributed by atoms with E-state index in [2.05, 4.69) is 25.8 Å². The molecule has 176 valence electrons. The van der Waals surface area contributed by atoms with Crippen LogP contribution < -0.4 is 10.6 Å². The van der Waals surface area contributed by atoms with Crippen molar-refractivity contribution in [3.05, 3.63) is 69.2 Å². The van der Waals surface area contributed by atoms with Crippen molar-refractivity contribution in [3.63, 3.8) is 0 Å². The molecule has 3 aromatic rings. The molecule has 2 aliphatic heterocycles. The van der Waals surface area contributed by atoms with Crippen molar-refractivity contribution in [2.75, 3.05) is 19.6 Å². The zero-order chi connectivity index (χ0) is 23.9. The van der Waals surface area contributed by atoms with Gasteiger partial charge in [-0.05, 0) is 59.1 Å². The molecule has 3 heterocycles. The Bertz CT molecular complexity index is 1330. The first kappa shape index (κ1) is 22.9. The van der Waals surface area contributed by atoms with E-state index in [1.54, 1.807) is 18.3 Å². The lowest BCUT2D eigenvalue weighted by atomic mass is 9.93. The fraction of sp³-hybridized carbons (Fsp3) is 0.261. The van der Waals surface area contributed by atoms with Crippen LogP contribution in [-0.4, -0.2) is 40.9 Å². The molecule has 11 heteroatoms. The van der Waals surface area contributed by atoms with Gasteiger partial charge in [-0.25, -0.2) is 0 Å². The third kappa shape index (κ3) is 4.70. The first-order chi connectivity index (χ1) is 16.3. The van der Waals surface area contributed by atoms with E-state index >= 15 is 0 Å². The van der Waals surface area contributed by atoms with Gasteiger partial charge >= 0.3 is 6.18 Å². The Kier molecular flexibility index (Phi) is 6.13. The lowest BCUT2D eigenvalue weighted by Crippen LogP contribution is -2.47. The number of alkyl halides is 3. The zero-order valence-electron chi connectivity index (χ0n) is 17.7. The van der Waals surface area contributed by atoms with E-state index in [1.807, 2.05) is 6.07 Å². The number of nitrogens with one attached hydrogen (secondary N) is 3. The third-order valence-electron chi connectivity index (χ3n) is 5.81. The molecule has 0 aliphatic carbocycles. The number of thioether (sulfide) groups is 1. The topological polar surface area (TPSA) is 82.2 Å². The number of amidine groups is 1.